The third-order valence-corrected chi connectivity index (χ3v) is 5.67. The summed E-state index contributed by atoms with van der Waals surface area (Å²) in [7, 11) is 0. The summed E-state index contributed by atoms with van der Waals surface area (Å²) < 4.78 is 18.3. The van der Waals surface area contributed by atoms with Crippen LogP contribution in [0.3, 0.4) is 0 Å². The van der Waals surface area contributed by atoms with Crippen molar-refractivity contribution in [2.45, 2.75) is 20.8 Å². The number of anilines is 1. The number of benzene rings is 2. The molecule has 2 aromatic carbocycles. The van der Waals surface area contributed by atoms with E-state index in [0.717, 1.165) is 22.5 Å². The Morgan fingerprint density at radius 2 is 1.83 bits per heavy atom. The van der Waals surface area contributed by atoms with E-state index in [4.69, 9.17) is 14.2 Å². The Morgan fingerprint density at radius 1 is 1.03 bits per heavy atom. The molecule has 9 heteroatoms. The highest BCUT2D eigenvalue weighted by Gasteiger charge is 2.13. The molecule has 0 saturated heterocycles. The highest BCUT2D eigenvalue weighted by Crippen LogP contribution is 2.32. The van der Waals surface area contributed by atoms with Gasteiger partial charge in [0.1, 0.15) is 12.1 Å². The smallest absolute Gasteiger partial charge is 0.248 e. The van der Waals surface area contributed by atoms with Crippen molar-refractivity contribution < 1.29 is 19.0 Å². The number of ether oxygens (including phenoxy) is 3. The van der Waals surface area contributed by atoms with Gasteiger partial charge in [-0.3, -0.25) is 4.79 Å². The van der Waals surface area contributed by atoms with E-state index in [0.29, 0.717) is 34.6 Å². The molecular formula is C26H23N5O4. The van der Waals surface area contributed by atoms with Gasteiger partial charge in [0.2, 0.25) is 18.6 Å². The van der Waals surface area contributed by atoms with Crippen molar-refractivity contribution in [3.63, 3.8) is 0 Å². The molecule has 0 spiro atoms. The SMILES string of the molecule is Cc1nn(-c2cc(Oc3ccc(NC(=O)/C=C/c4ccc5c(c4)OCO5)cc3)ncn2)c(C)c1C. The molecule has 176 valence electrons. The second kappa shape index (κ2) is 9.30. The monoisotopic (exact) mass is 469 g/mol. The number of nitrogens with zero attached hydrogens (tertiary/aromatic N) is 4. The van der Waals surface area contributed by atoms with Crippen molar-refractivity contribution >= 4 is 17.7 Å². The Labute approximate surface area is 202 Å². The van der Waals surface area contributed by atoms with Crippen LogP contribution in [0.4, 0.5) is 5.69 Å². The summed E-state index contributed by atoms with van der Waals surface area (Å²) >= 11 is 0. The summed E-state index contributed by atoms with van der Waals surface area (Å²) in [5.41, 5.74) is 4.56. The Hall–Kier alpha value is -4.66. The van der Waals surface area contributed by atoms with Crippen LogP contribution in [0, 0.1) is 20.8 Å². The number of aromatic nitrogens is 4. The Balaban J connectivity index is 1.21. The van der Waals surface area contributed by atoms with E-state index in [-0.39, 0.29) is 12.7 Å². The summed E-state index contributed by atoms with van der Waals surface area (Å²) in [5, 5.41) is 7.36. The number of hydrogen-bond acceptors (Lipinski definition) is 7. The number of amides is 1. The zero-order chi connectivity index (χ0) is 24.4. The van der Waals surface area contributed by atoms with Gasteiger partial charge in [-0.05, 0) is 74.4 Å². The Morgan fingerprint density at radius 3 is 2.60 bits per heavy atom. The third-order valence-electron chi connectivity index (χ3n) is 5.67. The van der Waals surface area contributed by atoms with Gasteiger partial charge < -0.3 is 19.5 Å². The van der Waals surface area contributed by atoms with Crippen LogP contribution in [0.25, 0.3) is 11.9 Å². The molecule has 1 aliphatic rings. The molecule has 1 N–H and O–H groups in total. The first-order valence-corrected chi connectivity index (χ1v) is 11.0. The fraction of sp³-hybridized carbons (Fsp3) is 0.154. The molecule has 0 aliphatic carbocycles. The first kappa shape index (κ1) is 22.1. The van der Waals surface area contributed by atoms with Gasteiger partial charge in [-0.1, -0.05) is 6.07 Å². The van der Waals surface area contributed by atoms with Crippen molar-refractivity contribution in [1.29, 1.82) is 0 Å². The van der Waals surface area contributed by atoms with Gasteiger partial charge in [0.05, 0.1) is 5.69 Å². The molecule has 1 amide bonds. The van der Waals surface area contributed by atoms with Crippen LogP contribution in [0.15, 0.2) is 60.9 Å². The topological polar surface area (TPSA) is 100 Å². The van der Waals surface area contributed by atoms with E-state index >= 15 is 0 Å². The molecule has 1 aliphatic heterocycles. The lowest BCUT2D eigenvalue weighted by atomic mass is 10.2. The number of fused-ring (bicyclic) bond motifs is 1. The molecule has 0 bridgehead atoms. The molecule has 3 heterocycles. The lowest BCUT2D eigenvalue weighted by molar-refractivity contribution is -0.111. The molecule has 0 fully saturated rings. The van der Waals surface area contributed by atoms with Crippen molar-refractivity contribution in [2.24, 2.45) is 0 Å². The normalized spacial score (nSPS) is 12.2. The molecule has 4 aromatic rings. The van der Waals surface area contributed by atoms with Gasteiger partial charge in [0, 0.05) is 23.5 Å². The maximum absolute atomic E-state index is 12.3. The number of rotatable bonds is 6. The van der Waals surface area contributed by atoms with E-state index in [9.17, 15) is 4.79 Å². The van der Waals surface area contributed by atoms with Crippen molar-refractivity contribution in [3.8, 4) is 28.9 Å². The molecule has 0 atom stereocenters. The van der Waals surface area contributed by atoms with Gasteiger partial charge in [-0.15, -0.1) is 0 Å². The predicted octanol–water partition coefficient (Wildman–Crippen LogP) is 4.76. The van der Waals surface area contributed by atoms with Crippen LogP contribution >= 0.6 is 0 Å². The van der Waals surface area contributed by atoms with E-state index in [1.54, 1.807) is 41.1 Å². The minimum absolute atomic E-state index is 0.213. The first-order valence-electron chi connectivity index (χ1n) is 11.0. The van der Waals surface area contributed by atoms with E-state index < -0.39 is 0 Å². The number of hydrogen-bond donors (Lipinski definition) is 1. The minimum atomic E-state index is -0.253. The number of nitrogens with one attached hydrogen (secondary N) is 1. The van der Waals surface area contributed by atoms with Gasteiger partial charge in [-0.2, -0.15) is 5.10 Å². The quantitative estimate of drug-likeness (QED) is 0.406. The second-order valence-corrected chi connectivity index (χ2v) is 7.98. The van der Waals surface area contributed by atoms with E-state index in [1.807, 2.05) is 39.0 Å². The summed E-state index contributed by atoms with van der Waals surface area (Å²) in [6.45, 7) is 6.20. The maximum atomic E-state index is 12.3. The van der Waals surface area contributed by atoms with Crippen LogP contribution in [0.1, 0.15) is 22.5 Å². The average Bonchev–Trinajstić information content (AvgIpc) is 3.44. The van der Waals surface area contributed by atoms with Gasteiger partial charge in [0.15, 0.2) is 17.3 Å². The second-order valence-electron chi connectivity index (χ2n) is 7.98. The summed E-state index contributed by atoms with van der Waals surface area (Å²) in [6, 6.07) is 14.3. The predicted molar refractivity (Wildman–Crippen MR) is 130 cm³/mol. The molecule has 0 unspecified atom stereocenters. The van der Waals surface area contributed by atoms with Gasteiger partial charge in [0.25, 0.3) is 0 Å². The van der Waals surface area contributed by atoms with Crippen molar-refractivity contribution in [3.05, 3.63) is 83.4 Å². The Kier molecular flexibility index (Phi) is 5.88. The van der Waals surface area contributed by atoms with Crippen LogP contribution in [0.5, 0.6) is 23.1 Å². The van der Waals surface area contributed by atoms with Gasteiger partial charge in [-0.25, -0.2) is 14.6 Å². The van der Waals surface area contributed by atoms with Crippen LogP contribution in [0.2, 0.25) is 0 Å². The molecular weight excluding hydrogens is 446 g/mol. The van der Waals surface area contributed by atoms with Crippen molar-refractivity contribution in [1.82, 2.24) is 19.7 Å². The van der Waals surface area contributed by atoms with E-state index in [2.05, 4.69) is 20.4 Å². The number of carbonyl (C=O) groups is 1. The van der Waals surface area contributed by atoms with Crippen LogP contribution < -0.4 is 19.5 Å². The molecule has 2 aromatic heterocycles. The third kappa shape index (κ3) is 4.84. The molecule has 0 radical (unpaired) electrons. The maximum Gasteiger partial charge on any atom is 0.248 e. The zero-order valence-electron chi connectivity index (χ0n) is 19.5. The van der Waals surface area contributed by atoms with E-state index in [1.165, 1.54) is 12.4 Å². The van der Waals surface area contributed by atoms with Crippen LogP contribution in [-0.4, -0.2) is 32.4 Å². The molecule has 9 nitrogen and oxygen atoms in total. The zero-order valence-corrected chi connectivity index (χ0v) is 19.5. The Bertz CT molecular complexity index is 1430. The van der Waals surface area contributed by atoms with Crippen LogP contribution in [-0.2, 0) is 4.79 Å². The highest BCUT2D eigenvalue weighted by atomic mass is 16.7. The molecule has 0 saturated carbocycles. The largest absolute Gasteiger partial charge is 0.454 e. The lowest BCUT2D eigenvalue weighted by Gasteiger charge is -2.08. The standard InChI is InChI=1S/C26H23N5O4/c1-16-17(2)30-31(18(16)3)24-13-26(28-14-27-24)35-21-8-6-20(7-9-21)29-25(32)11-5-19-4-10-22-23(12-19)34-15-33-22/h4-14H,15H2,1-3H3,(H,29,32)/b11-5+. The fourth-order valence-corrected chi connectivity index (χ4v) is 3.54. The molecule has 35 heavy (non-hydrogen) atoms. The summed E-state index contributed by atoms with van der Waals surface area (Å²) in [4.78, 5) is 20.8. The number of aryl methyl sites for hydroxylation is 1. The highest BCUT2D eigenvalue weighted by molar-refractivity contribution is 6.02. The number of carbonyl (C=O) groups excluding carboxylic acids is 1. The minimum Gasteiger partial charge on any atom is -0.454 e. The summed E-state index contributed by atoms with van der Waals surface area (Å²) in [5.74, 6) is 2.72. The average molecular weight is 470 g/mol. The lowest BCUT2D eigenvalue weighted by Crippen LogP contribution is -2.07. The van der Waals surface area contributed by atoms with Gasteiger partial charge >= 0.3 is 0 Å². The molecule has 5 rings (SSSR count). The summed E-state index contributed by atoms with van der Waals surface area (Å²) in [6.07, 6.45) is 4.62. The first-order chi connectivity index (χ1) is 17.0. The fourth-order valence-electron chi connectivity index (χ4n) is 3.54. The van der Waals surface area contributed by atoms with Crippen molar-refractivity contribution in [2.75, 3.05) is 12.1 Å².